The molecule has 2 N–H and O–H groups in total. The van der Waals surface area contributed by atoms with Gasteiger partial charge in [0.25, 0.3) is 0 Å². The summed E-state index contributed by atoms with van der Waals surface area (Å²) in [5, 5.41) is 9.62. The van der Waals surface area contributed by atoms with E-state index in [2.05, 4.69) is 6.07 Å². The van der Waals surface area contributed by atoms with Crippen LogP contribution >= 0.6 is 0 Å². The highest BCUT2D eigenvalue weighted by atomic mass is 16.5. The third kappa shape index (κ3) is 3.81. The van der Waals surface area contributed by atoms with Gasteiger partial charge in [-0.15, -0.1) is 0 Å². The molecule has 0 unspecified atom stereocenters. The second-order valence-electron chi connectivity index (χ2n) is 9.31. The van der Waals surface area contributed by atoms with Gasteiger partial charge in [-0.1, -0.05) is 13.0 Å². The lowest BCUT2D eigenvalue weighted by Gasteiger charge is -2.45. The van der Waals surface area contributed by atoms with E-state index in [4.69, 9.17) is 15.2 Å². The summed E-state index contributed by atoms with van der Waals surface area (Å²) in [7, 11) is 3.09. The Morgan fingerprint density at radius 1 is 1.15 bits per heavy atom. The lowest BCUT2D eigenvalue weighted by Crippen LogP contribution is -2.52. The molecule has 4 rings (SSSR count). The largest absolute Gasteiger partial charge is 0.495 e. The van der Waals surface area contributed by atoms with Gasteiger partial charge in [-0.3, -0.25) is 9.69 Å². The SMILES string of the molecule is COc1ccc(N2C(=O)N(C3CCC(C)(C(N)=O)CC3)Cc3c(C)ccc(OC)c32)cc1C#N. The van der Waals surface area contributed by atoms with E-state index < -0.39 is 5.41 Å². The van der Waals surface area contributed by atoms with Crippen LogP contribution in [0.2, 0.25) is 0 Å². The fourth-order valence-electron chi connectivity index (χ4n) is 5.03. The minimum atomic E-state index is -0.538. The van der Waals surface area contributed by atoms with Gasteiger partial charge in [0.1, 0.15) is 17.6 Å². The van der Waals surface area contributed by atoms with Crippen LogP contribution in [0.4, 0.5) is 16.2 Å². The number of urea groups is 1. The molecule has 34 heavy (non-hydrogen) atoms. The van der Waals surface area contributed by atoms with Crippen molar-refractivity contribution in [3.63, 3.8) is 0 Å². The van der Waals surface area contributed by atoms with Crippen LogP contribution in [0, 0.1) is 23.7 Å². The topological polar surface area (TPSA) is 109 Å². The highest BCUT2D eigenvalue weighted by molar-refractivity contribution is 6.04. The van der Waals surface area contributed by atoms with Crippen LogP contribution in [-0.2, 0) is 11.3 Å². The van der Waals surface area contributed by atoms with Gasteiger partial charge >= 0.3 is 6.03 Å². The van der Waals surface area contributed by atoms with E-state index in [9.17, 15) is 14.9 Å². The molecule has 2 aromatic carbocycles. The van der Waals surface area contributed by atoms with Crippen LogP contribution in [0.5, 0.6) is 11.5 Å². The van der Waals surface area contributed by atoms with Gasteiger partial charge < -0.3 is 20.1 Å². The third-order valence-electron chi connectivity index (χ3n) is 7.34. The summed E-state index contributed by atoms with van der Waals surface area (Å²) < 4.78 is 10.9. The number of amides is 3. The lowest BCUT2D eigenvalue weighted by molar-refractivity contribution is -0.129. The monoisotopic (exact) mass is 462 g/mol. The number of hydrogen-bond acceptors (Lipinski definition) is 5. The van der Waals surface area contributed by atoms with E-state index in [1.807, 2.05) is 30.9 Å². The van der Waals surface area contributed by atoms with Crippen molar-refractivity contribution in [3.05, 3.63) is 47.0 Å². The molecule has 0 aromatic heterocycles. The van der Waals surface area contributed by atoms with E-state index >= 15 is 0 Å². The number of hydrogen-bond donors (Lipinski definition) is 1. The number of ether oxygens (including phenoxy) is 2. The molecular formula is C26H30N4O4. The predicted molar refractivity (Wildman–Crippen MR) is 128 cm³/mol. The van der Waals surface area contributed by atoms with Crippen molar-refractivity contribution in [3.8, 4) is 17.6 Å². The van der Waals surface area contributed by atoms with Gasteiger partial charge in [-0.2, -0.15) is 5.26 Å². The second kappa shape index (κ2) is 8.90. The van der Waals surface area contributed by atoms with Crippen LogP contribution in [-0.4, -0.2) is 37.1 Å². The standard InChI is InChI=1S/C26H30N4O4/c1-16-5-7-22(34-4)23-20(16)15-29(18-9-11-26(2,12-10-18)24(28)31)25(32)30(23)19-6-8-21(33-3)17(13-19)14-27/h5-8,13,18H,9-12,15H2,1-4H3,(H2,28,31). The number of carbonyl (C=O) groups is 2. The maximum Gasteiger partial charge on any atom is 0.329 e. The quantitative estimate of drug-likeness (QED) is 0.709. The van der Waals surface area contributed by atoms with Gasteiger partial charge in [0.2, 0.25) is 5.91 Å². The number of nitrogens with two attached hydrogens (primary N) is 1. The van der Waals surface area contributed by atoms with E-state index in [1.165, 1.54) is 7.11 Å². The van der Waals surface area contributed by atoms with E-state index in [0.717, 1.165) is 11.1 Å². The molecule has 1 aliphatic carbocycles. The molecule has 1 fully saturated rings. The Morgan fingerprint density at radius 2 is 1.79 bits per heavy atom. The average Bonchev–Trinajstić information content (AvgIpc) is 2.84. The summed E-state index contributed by atoms with van der Waals surface area (Å²) in [6, 6.07) is 10.9. The molecule has 0 radical (unpaired) electrons. The van der Waals surface area contributed by atoms with Gasteiger partial charge in [0.15, 0.2) is 0 Å². The second-order valence-corrected chi connectivity index (χ2v) is 9.31. The number of carbonyl (C=O) groups excluding carboxylic acids is 2. The van der Waals surface area contributed by atoms with Crippen molar-refractivity contribution < 1.29 is 19.1 Å². The summed E-state index contributed by atoms with van der Waals surface area (Å²) in [5.74, 6) is 0.751. The Morgan fingerprint density at radius 3 is 2.38 bits per heavy atom. The van der Waals surface area contributed by atoms with E-state index in [1.54, 1.807) is 30.2 Å². The highest BCUT2D eigenvalue weighted by Crippen LogP contribution is 2.46. The first-order valence-corrected chi connectivity index (χ1v) is 11.4. The van der Waals surface area contributed by atoms with Crippen LogP contribution < -0.4 is 20.1 Å². The van der Waals surface area contributed by atoms with Crippen LogP contribution in [0.1, 0.15) is 49.3 Å². The first-order chi connectivity index (χ1) is 16.2. The number of nitrogens with zero attached hydrogens (tertiary/aromatic N) is 3. The summed E-state index contributed by atoms with van der Waals surface area (Å²) in [5.41, 5.74) is 8.74. The number of nitriles is 1. The molecule has 1 aliphatic heterocycles. The van der Waals surface area contributed by atoms with Crippen LogP contribution in [0.25, 0.3) is 0 Å². The number of primary amides is 1. The fraction of sp³-hybridized carbons (Fsp3) is 0.423. The smallest absolute Gasteiger partial charge is 0.329 e. The number of aryl methyl sites for hydroxylation is 1. The maximum absolute atomic E-state index is 14.0. The molecule has 2 aliphatic rings. The molecule has 2 aromatic rings. The molecule has 0 atom stereocenters. The van der Waals surface area contributed by atoms with Crippen molar-refractivity contribution in [2.45, 2.75) is 52.1 Å². The van der Waals surface area contributed by atoms with Crippen molar-refractivity contribution in [1.82, 2.24) is 4.90 Å². The Hall–Kier alpha value is -3.73. The first kappa shape index (κ1) is 23.4. The zero-order valence-corrected chi connectivity index (χ0v) is 20.1. The normalized spacial score (nSPS) is 22.1. The number of benzene rings is 2. The number of anilines is 2. The minimum Gasteiger partial charge on any atom is -0.495 e. The molecule has 0 bridgehead atoms. The summed E-state index contributed by atoms with van der Waals surface area (Å²) in [6.07, 6.45) is 2.68. The molecule has 3 amide bonds. The zero-order valence-electron chi connectivity index (χ0n) is 20.1. The lowest BCUT2D eigenvalue weighted by atomic mass is 9.73. The average molecular weight is 463 g/mol. The number of rotatable bonds is 5. The van der Waals surface area contributed by atoms with Gasteiger partial charge in [-0.25, -0.2) is 4.79 Å². The van der Waals surface area contributed by atoms with Gasteiger partial charge in [-0.05, 0) is 62.4 Å². The molecule has 1 heterocycles. The maximum atomic E-state index is 14.0. The van der Waals surface area contributed by atoms with E-state index in [-0.39, 0.29) is 18.0 Å². The van der Waals surface area contributed by atoms with Crippen molar-refractivity contribution >= 4 is 23.3 Å². The fourth-order valence-corrected chi connectivity index (χ4v) is 5.03. The van der Waals surface area contributed by atoms with Gasteiger partial charge in [0.05, 0.1) is 37.7 Å². The molecule has 0 spiro atoms. The van der Waals surface area contributed by atoms with E-state index in [0.29, 0.717) is 60.7 Å². The third-order valence-corrected chi connectivity index (χ3v) is 7.34. The van der Waals surface area contributed by atoms with Crippen LogP contribution in [0.15, 0.2) is 30.3 Å². The van der Waals surface area contributed by atoms with Crippen molar-refractivity contribution in [2.24, 2.45) is 11.1 Å². The zero-order chi connectivity index (χ0) is 24.6. The Labute approximate surface area is 199 Å². The van der Waals surface area contributed by atoms with Gasteiger partial charge in [0, 0.05) is 17.0 Å². The predicted octanol–water partition coefficient (Wildman–Crippen LogP) is 4.39. The minimum absolute atomic E-state index is 0.0186. The molecule has 0 saturated heterocycles. The Kier molecular flexibility index (Phi) is 6.13. The van der Waals surface area contributed by atoms with Crippen molar-refractivity contribution in [2.75, 3.05) is 19.1 Å². The highest BCUT2D eigenvalue weighted by Gasteiger charge is 2.43. The molecule has 8 nitrogen and oxygen atoms in total. The Balaban J connectivity index is 1.80. The number of methoxy groups -OCH3 is 2. The summed E-state index contributed by atoms with van der Waals surface area (Å²) in [6.45, 7) is 4.37. The number of fused-ring (bicyclic) bond motifs is 1. The van der Waals surface area contributed by atoms with Crippen LogP contribution in [0.3, 0.4) is 0 Å². The molecular weight excluding hydrogens is 432 g/mol. The first-order valence-electron chi connectivity index (χ1n) is 11.4. The molecule has 178 valence electrons. The molecule has 8 heteroatoms. The molecule has 1 saturated carbocycles. The summed E-state index contributed by atoms with van der Waals surface area (Å²) >= 11 is 0. The Bertz CT molecular complexity index is 1180. The summed E-state index contributed by atoms with van der Waals surface area (Å²) in [4.78, 5) is 29.5. The van der Waals surface area contributed by atoms with Crippen molar-refractivity contribution in [1.29, 1.82) is 5.26 Å².